The smallest absolute Gasteiger partial charge is 0.166 e. The topological polar surface area (TPSA) is 0 Å². The number of hydrogen-bond donors (Lipinski definition) is 1. The van der Waals surface area contributed by atoms with E-state index in [1.54, 1.807) is 0 Å². The Bertz CT molecular complexity index is 309. The van der Waals surface area contributed by atoms with Crippen molar-refractivity contribution in [1.82, 2.24) is 0 Å². The molecule has 1 aromatic carbocycles. The highest BCUT2D eigenvalue weighted by molar-refractivity contribution is 7.80. The maximum absolute atomic E-state index is 12.3. The van der Waals surface area contributed by atoms with Gasteiger partial charge in [-0.1, -0.05) is 6.07 Å². The van der Waals surface area contributed by atoms with Gasteiger partial charge in [0.05, 0.1) is 5.56 Å². The SMILES string of the molecule is FC(F)(F)c1cc(CCl)ccc1S. The van der Waals surface area contributed by atoms with Crippen LogP contribution in [0.3, 0.4) is 0 Å². The zero-order chi connectivity index (χ0) is 10.1. The zero-order valence-corrected chi connectivity index (χ0v) is 8.05. The van der Waals surface area contributed by atoms with E-state index >= 15 is 0 Å². The van der Waals surface area contributed by atoms with Gasteiger partial charge in [0.1, 0.15) is 0 Å². The highest BCUT2D eigenvalue weighted by Crippen LogP contribution is 2.34. The van der Waals surface area contributed by atoms with Crippen LogP contribution in [0.4, 0.5) is 13.2 Å². The molecule has 72 valence electrons. The fourth-order valence-electron chi connectivity index (χ4n) is 0.893. The summed E-state index contributed by atoms with van der Waals surface area (Å²) in [6, 6.07) is 3.82. The van der Waals surface area contributed by atoms with Gasteiger partial charge in [0.25, 0.3) is 0 Å². The summed E-state index contributed by atoms with van der Waals surface area (Å²) >= 11 is 9.12. The molecular weight excluding hydrogens is 221 g/mol. The monoisotopic (exact) mass is 226 g/mol. The minimum absolute atomic E-state index is 0.0666. The van der Waals surface area contributed by atoms with Crippen LogP contribution in [0.25, 0.3) is 0 Å². The predicted octanol–water partition coefficient (Wildman–Crippen LogP) is 3.73. The molecule has 0 radical (unpaired) electrons. The van der Waals surface area contributed by atoms with Crippen LogP contribution < -0.4 is 0 Å². The molecule has 0 saturated heterocycles. The van der Waals surface area contributed by atoms with Crippen LogP contribution in [0.1, 0.15) is 11.1 Å². The largest absolute Gasteiger partial charge is 0.417 e. The van der Waals surface area contributed by atoms with Crippen LogP contribution in [-0.2, 0) is 12.1 Å². The van der Waals surface area contributed by atoms with E-state index in [0.29, 0.717) is 5.56 Å². The van der Waals surface area contributed by atoms with E-state index in [2.05, 4.69) is 12.6 Å². The second-order valence-corrected chi connectivity index (χ2v) is 3.23. The number of halogens is 4. The molecule has 13 heavy (non-hydrogen) atoms. The van der Waals surface area contributed by atoms with Crippen molar-refractivity contribution in [1.29, 1.82) is 0 Å². The number of benzene rings is 1. The summed E-state index contributed by atoms with van der Waals surface area (Å²) in [4.78, 5) is -0.0821. The number of hydrogen-bond acceptors (Lipinski definition) is 1. The summed E-state index contributed by atoms with van der Waals surface area (Å²) < 4.78 is 36.8. The third-order valence-electron chi connectivity index (χ3n) is 1.52. The normalized spacial score (nSPS) is 11.8. The first-order chi connectivity index (χ1) is 5.95. The average molecular weight is 227 g/mol. The van der Waals surface area contributed by atoms with Crippen LogP contribution in [0, 0.1) is 0 Å². The molecule has 1 aromatic rings. The molecule has 0 aliphatic carbocycles. The second-order valence-electron chi connectivity index (χ2n) is 2.48. The number of alkyl halides is 4. The van der Waals surface area contributed by atoms with Crippen LogP contribution in [0.2, 0.25) is 0 Å². The van der Waals surface area contributed by atoms with Gasteiger partial charge in [-0.3, -0.25) is 0 Å². The Hall–Kier alpha value is -0.350. The van der Waals surface area contributed by atoms with Gasteiger partial charge in [0.2, 0.25) is 0 Å². The van der Waals surface area contributed by atoms with Crippen molar-refractivity contribution in [3.63, 3.8) is 0 Å². The molecule has 0 saturated carbocycles. The molecule has 0 bridgehead atoms. The van der Waals surface area contributed by atoms with E-state index < -0.39 is 11.7 Å². The fourth-order valence-corrected chi connectivity index (χ4v) is 1.33. The Labute approximate surface area is 84.1 Å². The third-order valence-corrected chi connectivity index (χ3v) is 2.22. The van der Waals surface area contributed by atoms with E-state index in [1.165, 1.54) is 12.1 Å². The predicted molar refractivity (Wildman–Crippen MR) is 48.3 cm³/mol. The van der Waals surface area contributed by atoms with Crippen molar-refractivity contribution in [3.05, 3.63) is 29.3 Å². The van der Waals surface area contributed by atoms with E-state index in [-0.39, 0.29) is 10.8 Å². The molecule has 0 nitrogen and oxygen atoms in total. The Kier molecular flexibility index (Phi) is 3.14. The van der Waals surface area contributed by atoms with Crippen LogP contribution in [0.15, 0.2) is 23.1 Å². The van der Waals surface area contributed by atoms with Crippen molar-refractivity contribution in [3.8, 4) is 0 Å². The van der Waals surface area contributed by atoms with Crippen LogP contribution in [0.5, 0.6) is 0 Å². The van der Waals surface area contributed by atoms with Gasteiger partial charge in [0.15, 0.2) is 0 Å². The Morgan fingerprint density at radius 2 is 1.92 bits per heavy atom. The molecule has 0 N–H and O–H groups in total. The van der Waals surface area contributed by atoms with Gasteiger partial charge in [-0.15, -0.1) is 24.2 Å². The maximum atomic E-state index is 12.3. The standard InChI is InChI=1S/C8H6ClF3S/c9-4-5-1-2-7(13)6(3-5)8(10,11)12/h1-3,13H,4H2. The first kappa shape index (κ1) is 10.7. The maximum Gasteiger partial charge on any atom is 0.417 e. The summed E-state index contributed by atoms with van der Waals surface area (Å²) in [5.74, 6) is 0.0666. The van der Waals surface area contributed by atoms with Gasteiger partial charge in [-0.25, -0.2) is 0 Å². The molecular formula is C8H6ClF3S. The highest BCUT2D eigenvalue weighted by atomic mass is 35.5. The molecule has 0 unspecified atom stereocenters. The summed E-state index contributed by atoms with van der Waals surface area (Å²) in [6.45, 7) is 0. The van der Waals surface area contributed by atoms with Crippen molar-refractivity contribution in [2.75, 3.05) is 0 Å². The second kappa shape index (κ2) is 3.80. The van der Waals surface area contributed by atoms with Gasteiger partial charge in [0, 0.05) is 10.8 Å². The Balaban J connectivity index is 3.19. The van der Waals surface area contributed by atoms with Gasteiger partial charge in [-0.05, 0) is 17.7 Å². The summed E-state index contributed by atoms with van der Waals surface area (Å²) in [6.07, 6.45) is -4.36. The first-order valence-corrected chi connectivity index (χ1v) is 4.38. The van der Waals surface area contributed by atoms with Crippen LogP contribution >= 0.6 is 24.2 Å². The average Bonchev–Trinajstić information content (AvgIpc) is 2.03. The molecule has 1 rings (SSSR count). The third kappa shape index (κ3) is 2.54. The number of thiol groups is 1. The lowest BCUT2D eigenvalue weighted by Crippen LogP contribution is -2.06. The van der Waals surface area contributed by atoms with Crippen molar-refractivity contribution in [2.45, 2.75) is 17.0 Å². The van der Waals surface area contributed by atoms with Crippen molar-refractivity contribution < 1.29 is 13.2 Å². The van der Waals surface area contributed by atoms with E-state index in [0.717, 1.165) is 6.07 Å². The highest BCUT2D eigenvalue weighted by Gasteiger charge is 2.32. The lowest BCUT2D eigenvalue weighted by atomic mass is 10.1. The van der Waals surface area contributed by atoms with E-state index in [1.807, 2.05) is 0 Å². The number of rotatable bonds is 1. The summed E-state index contributed by atoms with van der Waals surface area (Å²) in [7, 11) is 0. The lowest BCUT2D eigenvalue weighted by Gasteiger charge is -2.10. The van der Waals surface area contributed by atoms with Crippen LogP contribution in [-0.4, -0.2) is 0 Å². The van der Waals surface area contributed by atoms with Gasteiger partial charge >= 0.3 is 6.18 Å². The van der Waals surface area contributed by atoms with Crippen molar-refractivity contribution in [2.24, 2.45) is 0 Å². The first-order valence-electron chi connectivity index (χ1n) is 3.40. The molecule has 0 heterocycles. The minimum Gasteiger partial charge on any atom is -0.166 e. The Morgan fingerprint density at radius 1 is 1.31 bits per heavy atom. The molecule has 5 heteroatoms. The summed E-state index contributed by atoms with van der Waals surface area (Å²) in [5, 5.41) is 0. The Morgan fingerprint density at radius 3 is 2.38 bits per heavy atom. The molecule has 0 atom stereocenters. The molecule has 0 amide bonds. The quantitative estimate of drug-likeness (QED) is 0.548. The summed E-state index contributed by atoms with van der Waals surface area (Å²) in [5.41, 5.74) is -0.305. The van der Waals surface area contributed by atoms with E-state index in [9.17, 15) is 13.2 Å². The van der Waals surface area contributed by atoms with E-state index in [4.69, 9.17) is 11.6 Å². The molecule has 0 aliphatic rings. The van der Waals surface area contributed by atoms with Gasteiger partial charge in [-0.2, -0.15) is 13.2 Å². The molecule has 0 spiro atoms. The fraction of sp³-hybridized carbons (Fsp3) is 0.250. The zero-order valence-electron chi connectivity index (χ0n) is 6.40. The molecule has 0 aliphatic heterocycles. The molecule has 0 aromatic heterocycles. The van der Waals surface area contributed by atoms with Crippen molar-refractivity contribution >= 4 is 24.2 Å². The minimum atomic E-state index is -4.36. The lowest BCUT2D eigenvalue weighted by molar-refractivity contribution is -0.139. The molecule has 0 fully saturated rings. The van der Waals surface area contributed by atoms with Gasteiger partial charge < -0.3 is 0 Å².